The van der Waals surface area contributed by atoms with Gasteiger partial charge in [-0.1, -0.05) is 44.0 Å². The average Bonchev–Trinajstić information content (AvgIpc) is 2.50. The van der Waals surface area contributed by atoms with E-state index in [4.69, 9.17) is 0 Å². The zero-order valence-corrected chi connectivity index (χ0v) is 13.7. The largest absolute Gasteiger partial charge is 0.298 e. The minimum absolute atomic E-state index is 0.870. The highest BCUT2D eigenvalue weighted by Crippen LogP contribution is 2.28. The van der Waals surface area contributed by atoms with Crippen molar-refractivity contribution < 1.29 is 0 Å². The second-order valence-corrected chi connectivity index (χ2v) is 7.16. The smallest absolute Gasteiger partial charge is 0.0237 e. The van der Waals surface area contributed by atoms with Crippen LogP contribution in [0.25, 0.3) is 0 Å². The predicted octanol–water partition coefficient (Wildman–Crippen LogP) is 3.69. The molecule has 0 unspecified atom stereocenters. The molecule has 1 aromatic carbocycles. The fourth-order valence-corrected chi connectivity index (χ4v) is 4.05. The molecule has 1 aliphatic heterocycles. The molecule has 2 aliphatic rings. The summed E-state index contributed by atoms with van der Waals surface area (Å²) in [6.45, 7) is 10.8. The van der Waals surface area contributed by atoms with Crippen LogP contribution in [-0.2, 0) is 6.54 Å². The van der Waals surface area contributed by atoms with Crippen LogP contribution < -0.4 is 0 Å². The van der Waals surface area contributed by atoms with Gasteiger partial charge in [-0.05, 0) is 36.8 Å². The normalized spacial score (nSPS) is 28.7. The van der Waals surface area contributed by atoms with Crippen LogP contribution in [0.4, 0.5) is 0 Å². The van der Waals surface area contributed by atoms with Crippen molar-refractivity contribution in [2.45, 2.75) is 52.1 Å². The second kappa shape index (κ2) is 6.93. The highest BCUT2D eigenvalue weighted by molar-refractivity contribution is 5.25. The molecule has 1 aliphatic carbocycles. The van der Waals surface area contributed by atoms with Gasteiger partial charge in [-0.2, -0.15) is 0 Å². The first-order valence-corrected chi connectivity index (χ1v) is 8.73. The maximum absolute atomic E-state index is 2.77. The van der Waals surface area contributed by atoms with E-state index in [1.807, 2.05) is 0 Å². The minimum Gasteiger partial charge on any atom is -0.298 e. The Morgan fingerprint density at radius 2 is 1.81 bits per heavy atom. The van der Waals surface area contributed by atoms with Gasteiger partial charge in [0.2, 0.25) is 0 Å². The Morgan fingerprint density at radius 1 is 1.05 bits per heavy atom. The Bertz CT molecular complexity index is 449. The molecule has 3 rings (SSSR count). The van der Waals surface area contributed by atoms with E-state index in [-0.39, 0.29) is 0 Å². The van der Waals surface area contributed by atoms with Gasteiger partial charge in [-0.3, -0.25) is 9.80 Å². The summed E-state index contributed by atoms with van der Waals surface area (Å²) < 4.78 is 0. The zero-order valence-electron chi connectivity index (χ0n) is 13.7. The lowest BCUT2D eigenvalue weighted by molar-refractivity contribution is 0.0658. The van der Waals surface area contributed by atoms with Crippen LogP contribution in [0.2, 0.25) is 0 Å². The Labute approximate surface area is 130 Å². The van der Waals surface area contributed by atoms with Crippen LogP contribution in [-0.4, -0.2) is 42.0 Å². The first kappa shape index (κ1) is 15.1. The maximum Gasteiger partial charge on any atom is 0.0237 e. The van der Waals surface area contributed by atoms with Crippen molar-refractivity contribution in [2.24, 2.45) is 5.92 Å². The number of aryl methyl sites for hydroxylation is 1. The highest BCUT2D eigenvalue weighted by atomic mass is 15.3. The summed E-state index contributed by atoms with van der Waals surface area (Å²) in [4.78, 5) is 5.40. The quantitative estimate of drug-likeness (QED) is 0.836. The summed E-state index contributed by atoms with van der Waals surface area (Å²) >= 11 is 0. The van der Waals surface area contributed by atoms with E-state index in [1.54, 1.807) is 0 Å². The number of piperazine rings is 1. The SMILES string of the molecule is Cc1ccccc1CN1CCN([C@H]2CCC[C@@H](C)C2)CC1. The lowest BCUT2D eigenvalue weighted by Gasteiger charge is -2.42. The van der Waals surface area contributed by atoms with Gasteiger partial charge in [0.25, 0.3) is 0 Å². The number of benzene rings is 1. The van der Waals surface area contributed by atoms with Crippen molar-refractivity contribution in [3.8, 4) is 0 Å². The van der Waals surface area contributed by atoms with Crippen molar-refractivity contribution in [3.05, 3.63) is 35.4 Å². The number of hydrogen-bond donors (Lipinski definition) is 0. The van der Waals surface area contributed by atoms with E-state index in [2.05, 4.69) is 47.9 Å². The molecule has 2 atom stereocenters. The molecule has 0 amide bonds. The molecule has 116 valence electrons. The molecule has 0 aromatic heterocycles. The Kier molecular flexibility index (Phi) is 4.97. The molecule has 0 spiro atoms. The lowest BCUT2D eigenvalue weighted by Crippen LogP contribution is -2.50. The van der Waals surface area contributed by atoms with Crippen molar-refractivity contribution in [1.29, 1.82) is 0 Å². The first-order valence-electron chi connectivity index (χ1n) is 8.73. The van der Waals surface area contributed by atoms with E-state index >= 15 is 0 Å². The molecular weight excluding hydrogens is 256 g/mol. The van der Waals surface area contributed by atoms with E-state index in [1.165, 1.54) is 63.0 Å². The fourth-order valence-electron chi connectivity index (χ4n) is 4.05. The lowest BCUT2D eigenvalue weighted by atomic mass is 9.86. The monoisotopic (exact) mass is 286 g/mol. The molecule has 0 N–H and O–H groups in total. The van der Waals surface area contributed by atoms with Gasteiger partial charge in [-0.15, -0.1) is 0 Å². The molecule has 1 heterocycles. The van der Waals surface area contributed by atoms with Gasteiger partial charge in [0, 0.05) is 38.8 Å². The summed E-state index contributed by atoms with van der Waals surface area (Å²) in [6.07, 6.45) is 5.75. The van der Waals surface area contributed by atoms with Gasteiger partial charge in [0.15, 0.2) is 0 Å². The van der Waals surface area contributed by atoms with Crippen LogP contribution in [0, 0.1) is 12.8 Å². The van der Waals surface area contributed by atoms with E-state index < -0.39 is 0 Å². The minimum atomic E-state index is 0.870. The summed E-state index contributed by atoms with van der Waals surface area (Å²) in [5.74, 6) is 0.939. The standard InChI is InChI=1S/C19H30N2/c1-16-6-5-9-19(14-16)21-12-10-20(11-13-21)15-18-8-4-3-7-17(18)2/h3-4,7-8,16,19H,5-6,9-15H2,1-2H3/t16-,19+/m1/s1. The van der Waals surface area contributed by atoms with Gasteiger partial charge in [0.05, 0.1) is 0 Å². The van der Waals surface area contributed by atoms with Gasteiger partial charge >= 0.3 is 0 Å². The van der Waals surface area contributed by atoms with Crippen molar-refractivity contribution >= 4 is 0 Å². The van der Waals surface area contributed by atoms with Crippen molar-refractivity contribution in [2.75, 3.05) is 26.2 Å². The Hall–Kier alpha value is -0.860. The van der Waals surface area contributed by atoms with Crippen molar-refractivity contribution in [1.82, 2.24) is 9.80 Å². The molecule has 21 heavy (non-hydrogen) atoms. The topological polar surface area (TPSA) is 6.48 Å². The molecular formula is C19H30N2. The molecule has 2 heteroatoms. The van der Waals surface area contributed by atoms with Crippen molar-refractivity contribution in [3.63, 3.8) is 0 Å². The van der Waals surface area contributed by atoms with Crippen LogP contribution in [0.5, 0.6) is 0 Å². The van der Waals surface area contributed by atoms with Crippen LogP contribution in [0.3, 0.4) is 0 Å². The van der Waals surface area contributed by atoms with E-state index in [0.717, 1.165) is 18.5 Å². The molecule has 1 saturated heterocycles. The fraction of sp³-hybridized carbons (Fsp3) is 0.684. The van der Waals surface area contributed by atoms with Gasteiger partial charge < -0.3 is 0 Å². The zero-order chi connectivity index (χ0) is 14.7. The Morgan fingerprint density at radius 3 is 2.52 bits per heavy atom. The number of rotatable bonds is 3. The molecule has 1 saturated carbocycles. The predicted molar refractivity (Wildman–Crippen MR) is 89.4 cm³/mol. The van der Waals surface area contributed by atoms with E-state index in [9.17, 15) is 0 Å². The Balaban J connectivity index is 1.50. The van der Waals surface area contributed by atoms with Crippen LogP contribution in [0.15, 0.2) is 24.3 Å². The average molecular weight is 286 g/mol. The summed E-state index contributed by atoms with van der Waals surface area (Å²) in [6, 6.07) is 9.69. The summed E-state index contributed by atoms with van der Waals surface area (Å²) in [5.41, 5.74) is 2.93. The van der Waals surface area contributed by atoms with E-state index in [0.29, 0.717) is 0 Å². The highest BCUT2D eigenvalue weighted by Gasteiger charge is 2.27. The van der Waals surface area contributed by atoms with Gasteiger partial charge in [0.1, 0.15) is 0 Å². The maximum atomic E-state index is 2.77. The third kappa shape index (κ3) is 3.87. The number of hydrogen-bond acceptors (Lipinski definition) is 2. The summed E-state index contributed by atoms with van der Waals surface area (Å²) in [7, 11) is 0. The third-order valence-corrected chi connectivity index (χ3v) is 5.49. The second-order valence-electron chi connectivity index (χ2n) is 7.16. The third-order valence-electron chi connectivity index (χ3n) is 5.49. The molecule has 0 bridgehead atoms. The number of nitrogens with zero attached hydrogens (tertiary/aromatic N) is 2. The van der Waals surface area contributed by atoms with Crippen LogP contribution >= 0.6 is 0 Å². The molecule has 0 radical (unpaired) electrons. The summed E-state index contributed by atoms with van der Waals surface area (Å²) in [5, 5.41) is 0. The molecule has 1 aromatic rings. The first-order chi connectivity index (χ1) is 10.2. The van der Waals surface area contributed by atoms with Crippen LogP contribution in [0.1, 0.15) is 43.7 Å². The molecule has 2 nitrogen and oxygen atoms in total. The van der Waals surface area contributed by atoms with Gasteiger partial charge in [-0.25, -0.2) is 0 Å². The molecule has 2 fully saturated rings.